The van der Waals surface area contributed by atoms with Crippen molar-refractivity contribution in [1.29, 1.82) is 0 Å². The van der Waals surface area contributed by atoms with Crippen LogP contribution in [-0.2, 0) is 6.54 Å². The van der Waals surface area contributed by atoms with Gasteiger partial charge in [-0.2, -0.15) is 0 Å². The smallest absolute Gasteiger partial charge is 0.255 e. The number of hydrogen-bond donors (Lipinski definition) is 1. The number of hydrogen-bond acceptors (Lipinski definition) is 2. The lowest BCUT2D eigenvalue weighted by molar-refractivity contribution is 0.679. The van der Waals surface area contributed by atoms with Crippen LogP contribution in [-0.4, -0.2) is 4.57 Å². The molecular weight excluding hydrogens is 260 g/mol. The first-order valence-electron chi connectivity index (χ1n) is 6.26. The Kier molecular flexibility index (Phi) is 4.08. The van der Waals surface area contributed by atoms with Gasteiger partial charge < -0.3 is 10.3 Å². The minimum absolute atomic E-state index is 0.0232. The Labute approximate surface area is 117 Å². The van der Waals surface area contributed by atoms with Gasteiger partial charge in [-0.1, -0.05) is 23.7 Å². The SMILES string of the molecule is CCn1c(C)ccc(C(N)c2ccc(Cl)cc2)c1=O. The summed E-state index contributed by atoms with van der Waals surface area (Å²) in [6.45, 7) is 4.51. The molecule has 2 rings (SSSR count). The molecule has 1 unspecified atom stereocenters. The molecule has 0 fully saturated rings. The van der Waals surface area contributed by atoms with E-state index in [4.69, 9.17) is 17.3 Å². The lowest BCUT2D eigenvalue weighted by Crippen LogP contribution is -2.29. The Morgan fingerprint density at radius 1 is 1.21 bits per heavy atom. The Morgan fingerprint density at radius 2 is 1.84 bits per heavy atom. The lowest BCUT2D eigenvalue weighted by atomic mass is 10.0. The molecule has 0 bridgehead atoms. The lowest BCUT2D eigenvalue weighted by Gasteiger charge is -2.15. The third-order valence-electron chi connectivity index (χ3n) is 3.30. The van der Waals surface area contributed by atoms with Gasteiger partial charge in [-0.05, 0) is 43.7 Å². The van der Waals surface area contributed by atoms with E-state index in [0.717, 1.165) is 11.3 Å². The summed E-state index contributed by atoms with van der Waals surface area (Å²) in [4.78, 5) is 12.4. The fourth-order valence-electron chi connectivity index (χ4n) is 2.17. The molecule has 0 saturated heterocycles. The zero-order valence-corrected chi connectivity index (χ0v) is 11.8. The molecule has 1 heterocycles. The van der Waals surface area contributed by atoms with Crippen molar-refractivity contribution in [2.24, 2.45) is 5.73 Å². The van der Waals surface area contributed by atoms with E-state index in [2.05, 4.69) is 0 Å². The van der Waals surface area contributed by atoms with Gasteiger partial charge in [-0.3, -0.25) is 4.79 Å². The standard InChI is InChI=1S/C15H17ClN2O/c1-3-18-10(2)4-9-13(15(18)19)14(17)11-5-7-12(16)8-6-11/h4-9,14H,3,17H2,1-2H3. The molecule has 1 atom stereocenters. The first kappa shape index (κ1) is 13.8. The molecule has 0 spiro atoms. The summed E-state index contributed by atoms with van der Waals surface area (Å²) >= 11 is 5.86. The first-order chi connectivity index (χ1) is 9.04. The van der Waals surface area contributed by atoms with Crippen LogP contribution in [0.5, 0.6) is 0 Å². The molecule has 100 valence electrons. The molecule has 19 heavy (non-hydrogen) atoms. The summed E-state index contributed by atoms with van der Waals surface area (Å²) in [7, 11) is 0. The molecule has 0 radical (unpaired) electrons. The molecule has 4 heteroatoms. The van der Waals surface area contributed by atoms with Gasteiger partial charge in [0.15, 0.2) is 0 Å². The zero-order valence-electron chi connectivity index (χ0n) is 11.1. The molecule has 0 aliphatic rings. The van der Waals surface area contributed by atoms with Crippen LogP contribution in [0.2, 0.25) is 5.02 Å². The van der Waals surface area contributed by atoms with Crippen molar-refractivity contribution in [2.45, 2.75) is 26.4 Å². The van der Waals surface area contributed by atoms with Crippen molar-refractivity contribution in [1.82, 2.24) is 4.57 Å². The average molecular weight is 277 g/mol. The average Bonchev–Trinajstić information content (AvgIpc) is 2.39. The Bertz CT molecular complexity index is 632. The highest BCUT2D eigenvalue weighted by Gasteiger charge is 2.14. The molecule has 2 aromatic rings. The maximum atomic E-state index is 12.4. The van der Waals surface area contributed by atoms with Crippen molar-refractivity contribution >= 4 is 11.6 Å². The van der Waals surface area contributed by atoms with Crippen molar-refractivity contribution in [2.75, 3.05) is 0 Å². The number of rotatable bonds is 3. The summed E-state index contributed by atoms with van der Waals surface area (Å²) in [6.07, 6.45) is 0. The van der Waals surface area contributed by atoms with E-state index in [-0.39, 0.29) is 5.56 Å². The molecule has 3 nitrogen and oxygen atoms in total. The molecular formula is C15H17ClN2O. The van der Waals surface area contributed by atoms with Crippen LogP contribution < -0.4 is 11.3 Å². The second kappa shape index (κ2) is 5.59. The van der Waals surface area contributed by atoms with E-state index in [1.807, 2.05) is 38.1 Å². The summed E-state index contributed by atoms with van der Waals surface area (Å²) < 4.78 is 1.73. The predicted octanol–water partition coefficient (Wildman–Crippen LogP) is 2.88. The van der Waals surface area contributed by atoms with E-state index in [0.29, 0.717) is 17.1 Å². The van der Waals surface area contributed by atoms with Crippen molar-refractivity contribution in [3.63, 3.8) is 0 Å². The number of nitrogens with two attached hydrogens (primary N) is 1. The summed E-state index contributed by atoms with van der Waals surface area (Å²) in [6, 6.07) is 10.6. The fraction of sp³-hybridized carbons (Fsp3) is 0.267. The summed E-state index contributed by atoms with van der Waals surface area (Å²) in [5, 5.41) is 0.658. The van der Waals surface area contributed by atoms with E-state index in [1.165, 1.54) is 0 Å². The normalized spacial score (nSPS) is 12.4. The second-order valence-corrected chi connectivity index (χ2v) is 4.95. The van der Waals surface area contributed by atoms with Crippen molar-refractivity contribution in [3.05, 3.63) is 68.6 Å². The van der Waals surface area contributed by atoms with Gasteiger partial charge in [0.25, 0.3) is 5.56 Å². The quantitative estimate of drug-likeness (QED) is 0.937. The van der Waals surface area contributed by atoms with Gasteiger partial charge in [-0.25, -0.2) is 0 Å². The predicted molar refractivity (Wildman–Crippen MR) is 78.6 cm³/mol. The van der Waals surface area contributed by atoms with Gasteiger partial charge in [0.05, 0.1) is 6.04 Å². The summed E-state index contributed by atoms with van der Waals surface area (Å²) in [5.74, 6) is 0. The van der Waals surface area contributed by atoms with Crippen LogP contribution in [0.4, 0.5) is 0 Å². The van der Waals surface area contributed by atoms with Gasteiger partial charge in [0, 0.05) is 22.8 Å². The summed E-state index contributed by atoms with van der Waals surface area (Å²) in [5.41, 5.74) is 8.59. The maximum Gasteiger partial charge on any atom is 0.255 e. The largest absolute Gasteiger partial charge is 0.320 e. The number of aryl methyl sites for hydroxylation is 1. The number of pyridine rings is 1. The van der Waals surface area contributed by atoms with Crippen LogP contribution in [0, 0.1) is 6.92 Å². The molecule has 1 aromatic carbocycles. The third kappa shape index (κ3) is 2.72. The van der Waals surface area contributed by atoms with E-state index < -0.39 is 6.04 Å². The second-order valence-electron chi connectivity index (χ2n) is 4.51. The molecule has 0 aliphatic heterocycles. The van der Waals surface area contributed by atoms with Gasteiger partial charge in [0.2, 0.25) is 0 Å². The van der Waals surface area contributed by atoms with Crippen LogP contribution in [0.25, 0.3) is 0 Å². The molecule has 0 aliphatic carbocycles. The number of halogens is 1. The minimum atomic E-state index is -0.428. The van der Waals surface area contributed by atoms with Crippen LogP contribution >= 0.6 is 11.6 Å². The Morgan fingerprint density at radius 3 is 2.42 bits per heavy atom. The number of aromatic nitrogens is 1. The van der Waals surface area contributed by atoms with Crippen molar-refractivity contribution in [3.8, 4) is 0 Å². The fourth-order valence-corrected chi connectivity index (χ4v) is 2.29. The number of benzene rings is 1. The zero-order chi connectivity index (χ0) is 14.0. The Hall–Kier alpha value is -1.58. The highest BCUT2D eigenvalue weighted by molar-refractivity contribution is 6.30. The topological polar surface area (TPSA) is 48.0 Å². The number of nitrogens with zero attached hydrogens (tertiary/aromatic N) is 1. The first-order valence-corrected chi connectivity index (χ1v) is 6.63. The van der Waals surface area contributed by atoms with Crippen LogP contribution in [0.1, 0.15) is 29.8 Å². The van der Waals surface area contributed by atoms with Gasteiger partial charge in [-0.15, -0.1) is 0 Å². The maximum absolute atomic E-state index is 12.4. The van der Waals surface area contributed by atoms with Crippen LogP contribution in [0.15, 0.2) is 41.2 Å². The van der Waals surface area contributed by atoms with E-state index in [1.54, 1.807) is 16.7 Å². The Balaban J connectivity index is 2.47. The van der Waals surface area contributed by atoms with Crippen LogP contribution in [0.3, 0.4) is 0 Å². The highest BCUT2D eigenvalue weighted by Crippen LogP contribution is 2.19. The molecule has 0 amide bonds. The monoisotopic (exact) mass is 276 g/mol. The molecule has 1 aromatic heterocycles. The molecule has 0 saturated carbocycles. The van der Waals surface area contributed by atoms with Crippen molar-refractivity contribution < 1.29 is 0 Å². The third-order valence-corrected chi connectivity index (χ3v) is 3.55. The highest BCUT2D eigenvalue weighted by atomic mass is 35.5. The molecule has 2 N–H and O–H groups in total. The van der Waals surface area contributed by atoms with Gasteiger partial charge in [0.1, 0.15) is 0 Å². The minimum Gasteiger partial charge on any atom is -0.320 e. The van der Waals surface area contributed by atoms with E-state index in [9.17, 15) is 4.79 Å². The van der Waals surface area contributed by atoms with E-state index >= 15 is 0 Å². The van der Waals surface area contributed by atoms with Gasteiger partial charge >= 0.3 is 0 Å².